The molecular weight excluding hydrogens is 253 g/mol. The van der Waals surface area contributed by atoms with E-state index in [-0.39, 0.29) is 5.97 Å². The van der Waals surface area contributed by atoms with Crippen molar-refractivity contribution in [3.05, 3.63) is 0 Å². The van der Waals surface area contributed by atoms with Gasteiger partial charge in [0.2, 0.25) is 0 Å². The van der Waals surface area contributed by atoms with E-state index < -0.39 is 8.53 Å². The van der Waals surface area contributed by atoms with Crippen LogP contribution in [0.5, 0.6) is 0 Å². The van der Waals surface area contributed by atoms with Crippen LogP contribution in [0.3, 0.4) is 0 Å². The lowest BCUT2D eigenvalue weighted by molar-refractivity contribution is -0.144. The third kappa shape index (κ3) is 8.81. The Labute approximate surface area is 112 Å². The van der Waals surface area contributed by atoms with Crippen molar-refractivity contribution in [3.8, 4) is 0 Å². The van der Waals surface area contributed by atoms with Crippen molar-refractivity contribution in [2.75, 3.05) is 33.4 Å². The molecule has 18 heavy (non-hydrogen) atoms. The molecule has 0 unspecified atom stereocenters. The monoisotopic (exact) mass is 279 g/mol. The molecule has 0 heterocycles. The number of carbonyl (C=O) groups is 1. The summed E-state index contributed by atoms with van der Waals surface area (Å²) in [6, 6.07) is 0. The maximum absolute atomic E-state index is 11.5. The number of ether oxygens (including phenoxy) is 1. The van der Waals surface area contributed by atoms with E-state index in [1.54, 1.807) is 0 Å². The Balaban J connectivity index is 3.90. The van der Waals surface area contributed by atoms with Crippen LogP contribution in [0.25, 0.3) is 0 Å². The van der Waals surface area contributed by atoms with Gasteiger partial charge in [0.15, 0.2) is 0 Å². The van der Waals surface area contributed by atoms with Crippen LogP contribution in [-0.4, -0.2) is 44.1 Å². The van der Waals surface area contributed by atoms with Crippen LogP contribution in [0.4, 0.5) is 0 Å². The van der Waals surface area contributed by atoms with Crippen molar-refractivity contribution >= 4 is 14.5 Å². The summed E-state index contributed by atoms with van der Waals surface area (Å²) in [6.45, 7) is 10.2. The van der Waals surface area contributed by atoms with Gasteiger partial charge >= 0.3 is 5.97 Å². The number of hydrogen-bond donors (Lipinski definition) is 0. The van der Waals surface area contributed by atoms with E-state index in [2.05, 4.69) is 0 Å². The highest BCUT2D eigenvalue weighted by Gasteiger charge is 2.17. The van der Waals surface area contributed by atoms with E-state index in [0.717, 1.165) is 0 Å². The Morgan fingerprint density at radius 1 is 1.22 bits per heavy atom. The minimum Gasteiger partial charge on any atom is -0.465 e. The van der Waals surface area contributed by atoms with Crippen molar-refractivity contribution in [2.24, 2.45) is 5.92 Å². The number of carbonyl (C=O) groups excluding carboxylic acids is 1. The van der Waals surface area contributed by atoms with Crippen LogP contribution in [0.1, 0.15) is 34.1 Å². The SMILES string of the molecule is CCOP(OCC)N(C)CCC(=O)OCC(C)C. The average molecular weight is 279 g/mol. The molecule has 0 saturated carbocycles. The summed E-state index contributed by atoms with van der Waals surface area (Å²) in [7, 11) is 0.847. The molecular formula is C12H26NO4P. The van der Waals surface area contributed by atoms with Crippen LogP contribution in [0, 0.1) is 5.92 Å². The molecule has 0 N–H and O–H groups in total. The Kier molecular flexibility index (Phi) is 10.5. The van der Waals surface area contributed by atoms with E-state index in [1.807, 2.05) is 39.4 Å². The normalized spacial score (nSPS) is 11.6. The second kappa shape index (κ2) is 10.7. The molecule has 0 aliphatic heterocycles. The maximum Gasteiger partial charge on any atom is 0.307 e. The molecule has 0 amide bonds. The van der Waals surface area contributed by atoms with Gasteiger partial charge in [0.1, 0.15) is 0 Å². The molecule has 0 fully saturated rings. The molecule has 0 aliphatic carbocycles. The first-order valence-electron chi connectivity index (χ1n) is 6.43. The van der Waals surface area contributed by atoms with Gasteiger partial charge in [-0.2, -0.15) is 0 Å². The lowest BCUT2D eigenvalue weighted by Crippen LogP contribution is -2.21. The lowest BCUT2D eigenvalue weighted by atomic mass is 10.2. The highest BCUT2D eigenvalue weighted by Crippen LogP contribution is 2.41. The summed E-state index contributed by atoms with van der Waals surface area (Å²) in [5, 5.41) is 0. The van der Waals surface area contributed by atoms with E-state index in [4.69, 9.17) is 13.8 Å². The minimum absolute atomic E-state index is 0.168. The van der Waals surface area contributed by atoms with E-state index in [1.165, 1.54) is 0 Å². The first kappa shape index (κ1) is 17.8. The van der Waals surface area contributed by atoms with Gasteiger partial charge in [-0.3, -0.25) is 4.79 Å². The first-order chi connectivity index (χ1) is 8.51. The molecule has 0 bridgehead atoms. The van der Waals surface area contributed by atoms with E-state index in [0.29, 0.717) is 38.7 Å². The Hall–Kier alpha value is -0.220. The van der Waals surface area contributed by atoms with Crippen molar-refractivity contribution in [1.29, 1.82) is 0 Å². The van der Waals surface area contributed by atoms with E-state index >= 15 is 0 Å². The number of esters is 1. The van der Waals surface area contributed by atoms with Gasteiger partial charge in [0.25, 0.3) is 8.53 Å². The third-order valence-corrected chi connectivity index (χ3v) is 3.69. The van der Waals surface area contributed by atoms with Crippen LogP contribution >= 0.6 is 8.53 Å². The molecule has 0 atom stereocenters. The van der Waals surface area contributed by atoms with Crippen LogP contribution < -0.4 is 0 Å². The Bertz CT molecular complexity index is 220. The zero-order chi connectivity index (χ0) is 14.0. The van der Waals surface area contributed by atoms with Crippen molar-refractivity contribution in [1.82, 2.24) is 4.67 Å². The fourth-order valence-corrected chi connectivity index (χ4v) is 2.30. The molecule has 0 aliphatic rings. The molecule has 0 aromatic heterocycles. The van der Waals surface area contributed by atoms with Gasteiger partial charge in [-0.25, -0.2) is 4.67 Å². The van der Waals surface area contributed by atoms with Gasteiger partial charge in [0, 0.05) is 6.54 Å². The van der Waals surface area contributed by atoms with Crippen molar-refractivity contribution in [3.63, 3.8) is 0 Å². The van der Waals surface area contributed by atoms with Gasteiger partial charge in [-0.15, -0.1) is 0 Å². The van der Waals surface area contributed by atoms with Gasteiger partial charge in [-0.1, -0.05) is 13.8 Å². The molecule has 0 aromatic carbocycles. The molecule has 0 radical (unpaired) electrons. The summed E-state index contributed by atoms with van der Waals surface area (Å²) in [5.74, 6) is 0.203. The quantitative estimate of drug-likeness (QED) is 0.454. The zero-order valence-electron chi connectivity index (χ0n) is 12.1. The van der Waals surface area contributed by atoms with E-state index in [9.17, 15) is 4.79 Å². The maximum atomic E-state index is 11.5. The number of rotatable bonds is 10. The number of hydrogen-bond acceptors (Lipinski definition) is 5. The summed E-state index contributed by atoms with van der Waals surface area (Å²) in [5.41, 5.74) is 0. The molecule has 0 rings (SSSR count). The molecule has 0 spiro atoms. The molecule has 0 saturated heterocycles. The Morgan fingerprint density at radius 2 is 1.78 bits per heavy atom. The standard InChI is InChI=1S/C12H26NO4P/c1-6-16-18(17-7-2)13(5)9-8-12(14)15-10-11(3)4/h11H,6-10H2,1-5H3. The average Bonchev–Trinajstić information content (AvgIpc) is 2.33. The van der Waals surface area contributed by atoms with Gasteiger partial charge < -0.3 is 13.8 Å². The van der Waals surface area contributed by atoms with Gasteiger partial charge in [0.05, 0.1) is 26.2 Å². The van der Waals surface area contributed by atoms with Crippen molar-refractivity contribution < 1.29 is 18.6 Å². The fourth-order valence-electron chi connectivity index (χ4n) is 1.12. The highest BCUT2D eigenvalue weighted by atomic mass is 31.2. The summed E-state index contributed by atoms with van der Waals surface area (Å²) < 4.78 is 18.0. The topological polar surface area (TPSA) is 48.0 Å². The molecule has 6 heteroatoms. The lowest BCUT2D eigenvalue weighted by Gasteiger charge is -2.24. The summed E-state index contributed by atoms with van der Waals surface area (Å²) >= 11 is 0. The third-order valence-electron chi connectivity index (χ3n) is 1.98. The zero-order valence-corrected chi connectivity index (χ0v) is 13.0. The predicted molar refractivity (Wildman–Crippen MR) is 73.2 cm³/mol. The van der Waals surface area contributed by atoms with Crippen LogP contribution in [0.15, 0.2) is 0 Å². The largest absolute Gasteiger partial charge is 0.465 e. The van der Waals surface area contributed by atoms with Crippen LogP contribution in [0.2, 0.25) is 0 Å². The number of nitrogens with zero attached hydrogens (tertiary/aromatic N) is 1. The first-order valence-corrected chi connectivity index (χ1v) is 7.56. The summed E-state index contributed by atoms with van der Waals surface area (Å²) in [4.78, 5) is 11.5. The molecule has 5 nitrogen and oxygen atoms in total. The smallest absolute Gasteiger partial charge is 0.307 e. The summed E-state index contributed by atoms with van der Waals surface area (Å²) in [6.07, 6.45) is 0.363. The van der Waals surface area contributed by atoms with Crippen LogP contribution in [-0.2, 0) is 18.6 Å². The second-order valence-corrected chi connectivity index (χ2v) is 5.96. The fraction of sp³-hybridized carbons (Fsp3) is 0.917. The predicted octanol–water partition coefficient (Wildman–Crippen LogP) is 2.81. The van der Waals surface area contributed by atoms with Gasteiger partial charge in [-0.05, 0) is 26.8 Å². The molecule has 108 valence electrons. The molecule has 0 aromatic rings. The Morgan fingerprint density at radius 3 is 2.22 bits per heavy atom. The minimum atomic E-state index is -1.05. The van der Waals surface area contributed by atoms with Crippen molar-refractivity contribution in [2.45, 2.75) is 34.1 Å². The highest BCUT2D eigenvalue weighted by molar-refractivity contribution is 7.44. The second-order valence-electron chi connectivity index (χ2n) is 4.28.